The van der Waals surface area contributed by atoms with Crippen LogP contribution in [-0.2, 0) is 4.89 Å². The first kappa shape index (κ1) is 26.1. The quantitative estimate of drug-likeness (QED) is 0.210. The zero-order valence-electron chi connectivity index (χ0n) is 19.6. The van der Waals surface area contributed by atoms with Crippen LogP contribution in [0.1, 0.15) is 56.4 Å². The Morgan fingerprint density at radius 1 is 1.00 bits per heavy atom. The number of aliphatic hydroxyl groups excluding tert-OH is 1. The molecule has 2 aromatic carbocycles. The summed E-state index contributed by atoms with van der Waals surface area (Å²) in [6.07, 6.45) is -0.388. The van der Waals surface area contributed by atoms with Crippen LogP contribution in [0.15, 0.2) is 54.6 Å². The van der Waals surface area contributed by atoms with Crippen molar-refractivity contribution in [3.63, 3.8) is 0 Å². The lowest BCUT2D eigenvalue weighted by molar-refractivity contribution is -0.178. The molecule has 0 atom stereocenters. The van der Waals surface area contributed by atoms with Gasteiger partial charge in [0.15, 0.2) is 5.75 Å². The second-order valence-corrected chi connectivity index (χ2v) is 8.94. The van der Waals surface area contributed by atoms with Gasteiger partial charge in [-0.05, 0) is 78.3 Å². The molecule has 34 heavy (non-hydrogen) atoms. The Kier molecular flexibility index (Phi) is 9.42. The summed E-state index contributed by atoms with van der Waals surface area (Å²) >= 11 is 0. The number of ether oxygens (including phenoxy) is 1. The van der Waals surface area contributed by atoms with Crippen LogP contribution in [0, 0.1) is 5.92 Å². The highest BCUT2D eigenvalue weighted by Crippen LogP contribution is 2.40. The van der Waals surface area contributed by atoms with Crippen molar-refractivity contribution in [3.05, 3.63) is 60.2 Å². The highest BCUT2D eigenvalue weighted by Gasteiger charge is 2.30. The van der Waals surface area contributed by atoms with Gasteiger partial charge in [-0.3, -0.25) is 0 Å². The first-order valence-electron chi connectivity index (χ1n) is 11.7. The van der Waals surface area contributed by atoms with Gasteiger partial charge in [-0.1, -0.05) is 30.8 Å². The van der Waals surface area contributed by atoms with Gasteiger partial charge >= 0.3 is 6.18 Å². The van der Waals surface area contributed by atoms with Crippen LogP contribution in [0.25, 0.3) is 11.1 Å². The van der Waals surface area contributed by atoms with Gasteiger partial charge in [0.2, 0.25) is 0 Å². The predicted molar refractivity (Wildman–Crippen MR) is 126 cm³/mol. The van der Waals surface area contributed by atoms with E-state index < -0.39 is 12.6 Å². The first-order chi connectivity index (χ1) is 16.3. The molecule has 0 aliphatic heterocycles. The number of halogens is 3. The van der Waals surface area contributed by atoms with Crippen molar-refractivity contribution in [1.29, 1.82) is 0 Å². The minimum absolute atomic E-state index is 0.0665. The predicted octanol–water partition coefficient (Wildman–Crippen LogP) is 7.23. The summed E-state index contributed by atoms with van der Waals surface area (Å²) in [6, 6.07) is 13.8. The van der Waals surface area contributed by atoms with E-state index in [1.54, 1.807) is 6.07 Å². The van der Waals surface area contributed by atoms with E-state index in [-0.39, 0.29) is 18.9 Å². The van der Waals surface area contributed by atoms with Crippen LogP contribution in [-0.4, -0.2) is 31.6 Å². The molecular weight excluding hydrogens is 445 g/mol. The van der Waals surface area contributed by atoms with Crippen LogP contribution in [0.3, 0.4) is 0 Å². The highest BCUT2D eigenvalue weighted by atomic mass is 19.4. The van der Waals surface area contributed by atoms with Crippen molar-refractivity contribution in [1.82, 2.24) is 0 Å². The van der Waals surface area contributed by atoms with Gasteiger partial charge in [0, 0.05) is 18.9 Å². The average Bonchev–Trinajstić information content (AvgIpc) is 2.83. The Bertz CT molecular complexity index is 916. The fourth-order valence-corrected chi connectivity index (χ4v) is 4.46. The molecule has 0 bridgehead atoms. The lowest BCUT2D eigenvalue weighted by Crippen LogP contribution is -2.16. The number of hydrogen-bond donors (Lipinski definition) is 1. The molecule has 0 heterocycles. The smallest absolute Gasteiger partial charge is 0.389 e. The SMILES string of the molecule is C=C(CO)CCOc1cc(OOC)cc(-c2ccc(C3CCC(CCC(F)(F)F)CC3)cc2)c1. The zero-order valence-corrected chi connectivity index (χ0v) is 19.6. The lowest BCUT2D eigenvalue weighted by atomic mass is 9.77. The van der Waals surface area contributed by atoms with Crippen LogP contribution < -0.4 is 9.62 Å². The average molecular weight is 479 g/mol. The van der Waals surface area contributed by atoms with Gasteiger partial charge < -0.3 is 14.7 Å². The number of benzene rings is 2. The number of rotatable bonds is 11. The van der Waals surface area contributed by atoms with E-state index in [9.17, 15) is 13.2 Å². The first-order valence-corrected chi connectivity index (χ1v) is 11.7. The van der Waals surface area contributed by atoms with E-state index in [1.807, 2.05) is 24.3 Å². The van der Waals surface area contributed by atoms with E-state index in [1.165, 1.54) is 12.7 Å². The summed E-state index contributed by atoms with van der Waals surface area (Å²) in [5.74, 6) is 1.69. The summed E-state index contributed by atoms with van der Waals surface area (Å²) in [5, 5.41) is 9.09. The van der Waals surface area contributed by atoms with Crippen molar-refractivity contribution in [2.24, 2.45) is 5.92 Å². The fraction of sp³-hybridized carbons (Fsp3) is 0.481. The number of hydrogen-bond acceptors (Lipinski definition) is 4. The third-order valence-electron chi connectivity index (χ3n) is 6.41. The molecule has 1 N–H and O–H groups in total. The Labute approximate surface area is 199 Å². The third-order valence-corrected chi connectivity index (χ3v) is 6.41. The molecule has 0 aromatic heterocycles. The topological polar surface area (TPSA) is 47.9 Å². The van der Waals surface area contributed by atoms with Gasteiger partial charge in [0.05, 0.1) is 20.3 Å². The molecule has 7 heteroatoms. The molecule has 186 valence electrons. The minimum Gasteiger partial charge on any atom is -0.493 e. The molecule has 0 unspecified atom stereocenters. The summed E-state index contributed by atoms with van der Waals surface area (Å²) in [4.78, 5) is 10.0. The minimum atomic E-state index is -4.06. The molecular formula is C27H33F3O4. The summed E-state index contributed by atoms with van der Waals surface area (Å²) < 4.78 is 43.3. The standard InChI is InChI=1S/C27H33F3O4/c1-19(18-31)12-14-33-25-15-24(16-26(17-25)34-32-2)23-9-7-22(8-10-23)21-5-3-20(4-6-21)11-13-27(28,29)30/h7-10,15-17,20-21,31H,1,3-6,11-14,18H2,2H3. The Morgan fingerprint density at radius 2 is 1.68 bits per heavy atom. The van der Waals surface area contributed by atoms with E-state index in [0.29, 0.717) is 36.0 Å². The van der Waals surface area contributed by atoms with Crippen LogP contribution in [0.2, 0.25) is 0 Å². The van der Waals surface area contributed by atoms with Crippen molar-refractivity contribution in [3.8, 4) is 22.6 Å². The van der Waals surface area contributed by atoms with Crippen molar-refractivity contribution >= 4 is 0 Å². The van der Waals surface area contributed by atoms with E-state index in [0.717, 1.165) is 36.8 Å². The number of aliphatic hydroxyl groups is 1. The summed E-state index contributed by atoms with van der Waals surface area (Å²) in [6.45, 7) is 4.09. The van der Waals surface area contributed by atoms with Crippen LogP contribution in [0.5, 0.6) is 11.5 Å². The molecule has 0 radical (unpaired) electrons. The molecule has 0 spiro atoms. The maximum absolute atomic E-state index is 12.5. The van der Waals surface area contributed by atoms with E-state index >= 15 is 0 Å². The Balaban J connectivity index is 1.63. The van der Waals surface area contributed by atoms with E-state index in [4.69, 9.17) is 19.6 Å². The molecule has 1 fully saturated rings. The van der Waals surface area contributed by atoms with Gasteiger partial charge in [-0.2, -0.15) is 18.1 Å². The maximum atomic E-state index is 12.5. The lowest BCUT2D eigenvalue weighted by Gasteiger charge is -2.29. The molecule has 4 nitrogen and oxygen atoms in total. The van der Waals surface area contributed by atoms with E-state index in [2.05, 4.69) is 18.7 Å². The molecule has 0 saturated heterocycles. The molecule has 1 aliphatic carbocycles. The van der Waals surface area contributed by atoms with Gasteiger partial charge in [-0.15, -0.1) is 0 Å². The van der Waals surface area contributed by atoms with Crippen molar-refractivity contribution in [2.45, 2.75) is 57.0 Å². The van der Waals surface area contributed by atoms with Crippen molar-refractivity contribution in [2.75, 3.05) is 20.3 Å². The summed E-state index contributed by atoms with van der Waals surface area (Å²) in [5.41, 5.74) is 3.83. The van der Waals surface area contributed by atoms with Crippen molar-refractivity contribution < 1.29 is 32.8 Å². The highest BCUT2D eigenvalue weighted by molar-refractivity contribution is 5.67. The van der Waals surface area contributed by atoms with Crippen LogP contribution >= 0.6 is 0 Å². The van der Waals surface area contributed by atoms with Gasteiger partial charge in [0.1, 0.15) is 5.75 Å². The fourth-order valence-electron chi connectivity index (χ4n) is 4.46. The van der Waals surface area contributed by atoms with Crippen LogP contribution in [0.4, 0.5) is 13.2 Å². The maximum Gasteiger partial charge on any atom is 0.389 e. The largest absolute Gasteiger partial charge is 0.493 e. The molecule has 1 aliphatic rings. The zero-order chi connectivity index (χ0) is 24.6. The molecule has 2 aromatic rings. The molecule has 1 saturated carbocycles. The molecule has 0 amide bonds. The molecule has 3 rings (SSSR count). The normalized spacial score (nSPS) is 18.5. The summed E-state index contributed by atoms with van der Waals surface area (Å²) in [7, 11) is 1.44. The third kappa shape index (κ3) is 8.06. The monoisotopic (exact) mass is 478 g/mol. The second kappa shape index (κ2) is 12.3. The van der Waals surface area contributed by atoms with Gasteiger partial charge in [-0.25, -0.2) is 0 Å². The Hall–Kier alpha value is -2.51. The van der Waals surface area contributed by atoms with Gasteiger partial charge in [0.25, 0.3) is 0 Å². The second-order valence-electron chi connectivity index (χ2n) is 8.94. The Morgan fingerprint density at radius 3 is 2.29 bits per heavy atom. The number of alkyl halides is 3.